The summed E-state index contributed by atoms with van der Waals surface area (Å²) >= 11 is 0. The standard InChI is InChI=1S/C22H19N3O6/c1-12-3-4-17-15(5-12)21-13(10-29-17)8-23-25(21)9-20(26)24-16-7-19-18(30-11-31-19)6-14(16)22(27)28-2/h3-8H,9-11H2,1-2H3,(H,24,26). The predicted molar refractivity (Wildman–Crippen MR) is 109 cm³/mol. The average Bonchev–Trinajstić information content (AvgIpc) is 3.39. The predicted octanol–water partition coefficient (Wildman–Crippen LogP) is 2.90. The van der Waals surface area contributed by atoms with Crippen molar-refractivity contribution in [1.82, 2.24) is 9.78 Å². The summed E-state index contributed by atoms with van der Waals surface area (Å²) in [5, 5.41) is 7.15. The highest BCUT2D eigenvalue weighted by atomic mass is 16.7. The van der Waals surface area contributed by atoms with Crippen LogP contribution in [-0.4, -0.2) is 35.6 Å². The summed E-state index contributed by atoms with van der Waals surface area (Å²) < 4.78 is 22.9. The molecular weight excluding hydrogens is 402 g/mol. The number of rotatable bonds is 4. The van der Waals surface area contributed by atoms with Gasteiger partial charge >= 0.3 is 5.97 Å². The van der Waals surface area contributed by atoms with Crippen LogP contribution in [0.2, 0.25) is 0 Å². The van der Waals surface area contributed by atoms with Crippen LogP contribution >= 0.6 is 0 Å². The van der Waals surface area contributed by atoms with Gasteiger partial charge in [-0.1, -0.05) is 11.6 Å². The van der Waals surface area contributed by atoms with Gasteiger partial charge in [-0.2, -0.15) is 5.10 Å². The number of anilines is 1. The molecule has 0 radical (unpaired) electrons. The van der Waals surface area contributed by atoms with Crippen molar-refractivity contribution in [3.8, 4) is 28.5 Å². The molecule has 0 bridgehead atoms. The van der Waals surface area contributed by atoms with E-state index in [9.17, 15) is 9.59 Å². The first-order valence-corrected chi connectivity index (χ1v) is 9.64. The van der Waals surface area contributed by atoms with E-state index >= 15 is 0 Å². The molecule has 0 saturated carbocycles. The van der Waals surface area contributed by atoms with Crippen molar-refractivity contribution in [2.45, 2.75) is 20.1 Å². The van der Waals surface area contributed by atoms with Crippen LogP contribution in [0, 0.1) is 6.92 Å². The van der Waals surface area contributed by atoms with Crippen LogP contribution < -0.4 is 19.5 Å². The van der Waals surface area contributed by atoms with Gasteiger partial charge in [0.2, 0.25) is 12.7 Å². The molecular formula is C22H19N3O6. The molecule has 0 saturated heterocycles. The summed E-state index contributed by atoms with van der Waals surface area (Å²) in [6.07, 6.45) is 1.70. The summed E-state index contributed by atoms with van der Waals surface area (Å²) in [6, 6.07) is 8.95. The molecule has 0 fully saturated rings. The Bertz CT molecular complexity index is 1220. The van der Waals surface area contributed by atoms with Gasteiger partial charge in [0.15, 0.2) is 11.5 Å². The maximum Gasteiger partial charge on any atom is 0.340 e. The number of hydrogen-bond donors (Lipinski definition) is 1. The number of methoxy groups -OCH3 is 1. The lowest BCUT2D eigenvalue weighted by molar-refractivity contribution is -0.116. The van der Waals surface area contributed by atoms with Gasteiger partial charge in [0.1, 0.15) is 18.9 Å². The van der Waals surface area contributed by atoms with E-state index in [4.69, 9.17) is 18.9 Å². The first-order chi connectivity index (χ1) is 15.0. The van der Waals surface area contributed by atoms with Crippen molar-refractivity contribution in [2.75, 3.05) is 19.2 Å². The van der Waals surface area contributed by atoms with Gasteiger partial charge in [0.25, 0.3) is 0 Å². The topological polar surface area (TPSA) is 101 Å². The maximum absolute atomic E-state index is 12.9. The van der Waals surface area contributed by atoms with E-state index in [-0.39, 0.29) is 30.5 Å². The monoisotopic (exact) mass is 421 g/mol. The molecule has 2 aliphatic heterocycles. The number of ether oxygens (including phenoxy) is 4. The Hall–Kier alpha value is -4.01. The fourth-order valence-electron chi connectivity index (χ4n) is 3.72. The summed E-state index contributed by atoms with van der Waals surface area (Å²) in [4.78, 5) is 25.1. The van der Waals surface area contributed by atoms with Gasteiger partial charge in [-0.15, -0.1) is 0 Å². The number of nitrogens with zero attached hydrogens (tertiary/aromatic N) is 2. The van der Waals surface area contributed by atoms with Crippen molar-refractivity contribution in [3.05, 3.63) is 53.2 Å². The minimum atomic E-state index is -0.591. The molecule has 2 aromatic carbocycles. The summed E-state index contributed by atoms with van der Waals surface area (Å²) in [5.74, 6) is 0.679. The van der Waals surface area contributed by atoms with Crippen molar-refractivity contribution < 1.29 is 28.5 Å². The number of esters is 1. The summed E-state index contributed by atoms with van der Waals surface area (Å²) in [5.41, 5.74) is 4.18. The molecule has 9 nitrogen and oxygen atoms in total. The zero-order valence-corrected chi connectivity index (χ0v) is 16.9. The van der Waals surface area contributed by atoms with E-state index < -0.39 is 5.97 Å². The first kappa shape index (κ1) is 19.0. The Morgan fingerprint density at radius 2 is 1.94 bits per heavy atom. The van der Waals surface area contributed by atoms with E-state index in [1.54, 1.807) is 16.9 Å². The zero-order chi connectivity index (χ0) is 21.5. The van der Waals surface area contributed by atoms with E-state index in [0.717, 1.165) is 28.1 Å². The molecule has 2 aliphatic rings. The van der Waals surface area contributed by atoms with E-state index in [1.165, 1.54) is 13.2 Å². The second-order valence-corrected chi connectivity index (χ2v) is 7.26. The number of amides is 1. The van der Waals surface area contributed by atoms with E-state index in [2.05, 4.69) is 10.4 Å². The fourth-order valence-corrected chi connectivity index (χ4v) is 3.72. The third kappa shape index (κ3) is 3.33. The van der Waals surface area contributed by atoms with E-state index in [0.29, 0.717) is 18.1 Å². The van der Waals surface area contributed by atoms with Crippen molar-refractivity contribution >= 4 is 17.6 Å². The number of fused-ring (bicyclic) bond motifs is 4. The van der Waals surface area contributed by atoms with Crippen LogP contribution in [-0.2, 0) is 22.7 Å². The number of benzene rings is 2. The Morgan fingerprint density at radius 1 is 1.13 bits per heavy atom. The molecule has 0 atom stereocenters. The second kappa shape index (κ2) is 7.35. The SMILES string of the molecule is COC(=O)c1cc2c(cc1NC(=O)Cn1ncc3c1-c1cc(C)ccc1OC3)OCO2. The molecule has 31 heavy (non-hydrogen) atoms. The largest absolute Gasteiger partial charge is 0.488 e. The van der Waals surface area contributed by atoms with Gasteiger partial charge in [0.05, 0.1) is 30.3 Å². The fraction of sp³-hybridized carbons (Fsp3) is 0.227. The van der Waals surface area contributed by atoms with Gasteiger partial charge in [-0.25, -0.2) is 4.79 Å². The Labute approximate surface area is 177 Å². The Kier molecular flexibility index (Phi) is 4.50. The highest BCUT2D eigenvalue weighted by molar-refractivity contribution is 6.02. The number of aryl methyl sites for hydroxylation is 1. The van der Waals surface area contributed by atoms with Crippen LogP contribution in [0.4, 0.5) is 5.69 Å². The number of carbonyl (C=O) groups is 2. The molecule has 158 valence electrons. The lowest BCUT2D eigenvalue weighted by Gasteiger charge is -2.20. The normalized spacial score (nSPS) is 13.1. The number of hydrogen-bond acceptors (Lipinski definition) is 7. The van der Waals surface area contributed by atoms with Gasteiger partial charge in [-0.05, 0) is 19.1 Å². The third-order valence-corrected chi connectivity index (χ3v) is 5.17. The average molecular weight is 421 g/mol. The third-order valence-electron chi connectivity index (χ3n) is 5.17. The lowest BCUT2D eigenvalue weighted by atomic mass is 10.0. The molecule has 3 aromatic rings. The van der Waals surface area contributed by atoms with Crippen LogP contribution in [0.3, 0.4) is 0 Å². The smallest absolute Gasteiger partial charge is 0.340 e. The number of nitrogens with one attached hydrogen (secondary N) is 1. The van der Waals surface area contributed by atoms with Gasteiger partial charge in [-0.3, -0.25) is 9.48 Å². The second-order valence-electron chi connectivity index (χ2n) is 7.26. The highest BCUT2D eigenvalue weighted by Crippen LogP contribution is 2.39. The quantitative estimate of drug-likeness (QED) is 0.647. The molecule has 0 aliphatic carbocycles. The van der Waals surface area contributed by atoms with E-state index in [1.807, 2.05) is 25.1 Å². The van der Waals surface area contributed by atoms with Crippen molar-refractivity contribution in [2.24, 2.45) is 0 Å². The summed E-state index contributed by atoms with van der Waals surface area (Å²) in [7, 11) is 1.27. The van der Waals surface area contributed by atoms with Gasteiger partial charge in [0, 0.05) is 23.3 Å². The molecule has 1 aromatic heterocycles. The Balaban J connectivity index is 1.43. The Morgan fingerprint density at radius 3 is 2.74 bits per heavy atom. The van der Waals surface area contributed by atoms with Crippen LogP contribution in [0.5, 0.6) is 17.2 Å². The molecule has 9 heteroatoms. The molecule has 1 amide bonds. The van der Waals surface area contributed by atoms with Crippen molar-refractivity contribution in [3.63, 3.8) is 0 Å². The molecule has 0 spiro atoms. The number of carbonyl (C=O) groups excluding carboxylic acids is 2. The lowest BCUT2D eigenvalue weighted by Crippen LogP contribution is -2.22. The number of aromatic nitrogens is 2. The van der Waals surface area contributed by atoms with Crippen LogP contribution in [0.15, 0.2) is 36.5 Å². The molecule has 5 rings (SSSR count). The van der Waals surface area contributed by atoms with Gasteiger partial charge < -0.3 is 24.3 Å². The minimum absolute atomic E-state index is 0.0439. The van der Waals surface area contributed by atoms with Crippen LogP contribution in [0.1, 0.15) is 21.5 Å². The molecule has 3 heterocycles. The maximum atomic E-state index is 12.9. The first-order valence-electron chi connectivity index (χ1n) is 9.64. The molecule has 1 N–H and O–H groups in total. The minimum Gasteiger partial charge on any atom is -0.488 e. The molecule has 0 unspecified atom stereocenters. The summed E-state index contributed by atoms with van der Waals surface area (Å²) in [6.45, 7) is 2.39. The van der Waals surface area contributed by atoms with Crippen LogP contribution in [0.25, 0.3) is 11.3 Å². The van der Waals surface area contributed by atoms with Crippen molar-refractivity contribution in [1.29, 1.82) is 0 Å². The highest BCUT2D eigenvalue weighted by Gasteiger charge is 2.25. The zero-order valence-electron chi connectivity index (χ0n) is 16.9.